The third kappa shape index (κ3) is 5.09. The van der Waals surface area contributed by atoms with Gasteiger partial charge in [0, 0.05) is 17.4 Å². The Labute approximate surface area is 151 Å². The number of rotatable bonds is 5. The molecule has 0 radical (unpaired) electrons. The fraction of sp³-hybridized carbons (Fsp3) is 0.200. The van der Waals surface area contributed by atoms with E-state index in [1.165, 1.54) is 18.5 Å². The number of carbonyl (C=O) groups is 1. The summed E-state index contributed by atoms with van der Waals surface area (Å²) in [5, 5.41) is -0.0838. The molecular weight excluding hydrogens is 399 g/mol. The van der Waals surface area contributed by atoms with Crippen molar-refractivity contribution in [3.8, 4) is 5.75 Å². The van der Waals surface area contributed by atoms with Gasteiger partial charge in [-0.05, 0) is 29.8 Å². The summed E-state index contributed by atoms with van der Waals surface area (Å²) < 4.78 is 70.9. The average molecular weight is 410 g/mol. The van der Waals surface area contributed by atoms with Crippen molar-refractivity contribution in [2.75, 3.05) is 7.11 Å². The molecule has 2 rings (SSSR count). The second-order valence-corrected chi connectivity index (χ2v) is 7.37. The summed E-state index contributed by atoms with van der Waals surface area (Å²) in [6.07, 6.45) is -2.75. The SMILES string of the molecule is COC(=O)c1cncc(CS(=O)(=O)c2cc(Cl)ccc2OC(F)(F)F)c1. The highest BCUT2D eigenvalue weighted by atomic mass is 35.5. The van der Waals surface area contributed by atoms with E-state index in [4.69, 9.17) is 11.6 Å². The Hall–Kier alpha value is -2.33. The summed E-state index contributed by atoms with van der Waals surface area (Å²) in [6, 6.07) is 3.95. The molecule has 1 aromatic carbocycles. The molecule has 0 aliphatic heterocycles. The van der Waals surface area contributed by atoms with Crippen molar-refractivity contribution in [1.29, 1.82) is 0 Å². The van der Waals surface area contributed by atoms with E-state index >= 15 is 0 Å². The molecule has 0 fully saturated rings. The highest BCUT2D eigenvalue weighted by molar-refractivity contribution is 7.90. The zero-order chi connectivity index (χ0) is 19.5. The van der Waals surface area contributed by atoms with Crippen LogP contribution in [0.5, 0.6) is 5.75 Å². The molecule has 0 N–H and O–H groups in total. The lowest BCUT2D eigenvalue weighted by atomic mass is 10.2. The van der Waals surface area contributed by atoms with Crippen molar-refractivity contribution in [1.82, 2.24) is 4.98 Å². The summed E-state index contributed by atoms with van der Waals surface area (Å²) >= 11 is 5.71. The second kappa shape index (κ2) is 7.50. The number of hydrogen-bond donors (Lipinski definition) is 0. The van der Waals surface area contributed by atoms with Crippen LogP contribution in [0.25, 0.3) is 0 Å². The van der Waals surface area contributed by atoms with Gasteiger partial charge < -0.3 is 9.47 Å². The molecule has 0 saturated heterocycles. The van der Waals surface area contributed by atoms with Crippen molar-refractivity contribution >= 4 is 27.4 Å². The van der Waals surface area contributed by atoms with Gasteiger partial charge in [0.25, 0.3) is 0 Å². The highest BCUT2D eigenvalue weighted by Crippen LogP contribution is 2.33. The molecule has 26 heavy (non-hydrogen) atoms. The first-order chi connectivity index (χ1) is 12.0. The number of nitrogens with zero attached hydrogens (tertiary/aromatic N) is 1. The molecule has 0 bridgehead atoms. The van der Waals surface area contributed by atoms with Crippen LogP contribution in [0.4, 0.5) is 13.2 Å². The smallest absolute Gasteiger partial charge is 0.465 e. The standard InChI is InChI=1S/C15H11ClF3NO5S/c1-24-14(21)10-4-9(6-20-7-10)8-26(22,23)13-5-11(16)2-3-12(13)25-15(17,18)19/h2-7H,8H2,1H3. The first-order valence-electron chi connectivity index (χ1n) is 6.82. The zero-order valence-corrected chi connectivity index (χ0v) is 14.7. The van der Waals surface area contributed by atoms with Gasteiger partial charge in [-0.1, -0.05) is 11.6 Å². The monoisotopic (exact) mass is 409 g/mol. The van der Waals surface area contributed by atoms with Crippen LogP contribution in [0, 0.1) is 0 Å². The maximum Gasteiger partial charge on any atom is 0.573 e. The summed E-state index contributed by atoms with van der Waals surface area (Å²) in [7, 11) is -3.15. The van der Waals surface area contributed by atoms with Crippen LogP contribution in [-0.4, -0.2) is 32.8 Å². The number of esters is 1. The molecule has 0 atom stereocenters. The number of pyridine rings is 1. The van der Waals surface area contributed by atoms with Crippen molar-refractivity contribution < 1.29 is 35.9 Å². The first kappa shape index (κ1) is 20.0. The Morgan fingerprint density at radius 2 is 1.92 bits per heavy atom. The molecule has 6 nitrogen and oxygen atoms in total. The predicted molar refractivity (Wildman–Crippen MR) is 84.6 cm³/mol. The molecule has 0 unspecified atom stereocenters. The van der Waals surface area contributed by atoms with E-state index < -0.39 is 38.6 Å². The third-order valence-electron chi connectivity index (χ3n) is 3.04. The van der Waals surface area contributed by atoms with E-state index in [9.17, 15) is 26.4 Å². The summed E-state index contributed by atoms with van der Waals surface area (Å²) in [4.78, 5) is 14.5. The molecule has 1 heterocycles. The molecule has 2 aromatic rings. The molecule has 11 heteroatoms. The van der Waals surface area contributed by atoms with Crippen LogP contribution in [-0.2, 0) is 20.3 Å². The number of carbonyl (C=O) groups excluding carboxylic acids is 1. The lowest BCUT2D eigenvalue weighted by Gasteiger charge is -2.14. The first-order valence-corrected chi connectivity index (χ1v) is 8.85. The fourth-order valence-corrected chi connectivity index (χ4v) is 3.74. The van der Waals surface area contributed by atoms with E-state index in [0.717, 1.165) is 25.3 Å². The largest absolute Gasteiger partial charge is 0.573 e. The minimum Gasteiger partial charge on any atom is -0.465 e. The third-order valence-corrected chi connectivity index (χ3v) is 4.98. The van der Waals surface area contributed by atoms with Crippen LogP contribution >= 0.6 is 11.6 Å². The average Bonchev–Trinajstić information content (AvgIpc) is 2.54. The summed E-state index contributed by atoms with van der Waals surface area (Å²) in [6.45, 7) is 0. The lowest BCUT2D eigenvalue weighted by molar-refractivity contribution is -0.275. The maximum atomic E-state index is 12.6. The van der Waals surface area contributed by atoms with Crippen LogP contribution < -0.4 is 4.74 Å². The van der Waals surface area contributed by atoms with Crippen LogP contribution in [0.15, 0.2) is 41.6 Å². The number of ether oxygens (including phenoxy) is 2. The second-order valence-electron chi connectivity index (χ2n) is 4.97. The molecule has 0 aliphatic rings. The van der Waals surface area contributed by atoms with E-state index in [1.807, 2.05) is 0 Å². The quantitative estimate of drug-likeness (QED) is 0.704. The molecule has 0 saturated carbocycles. The predicted octanol–water partition coefficient (Wildman–Crippen LogP) is 3.39. The maximum absolute atomic E-state index is 12.6. The molecular formula is C15H11ClF3NO5S. The van der Waals surface area contributed by atoms with Gasteiger partial charge in [0.1, 0.15) is 10.6 Å². The van der Waals surface area contributed by atoms with Crippen LogP contribution in [0.1, 0.15) is 15.9 Å². The van der Waals surface area contributed by atoms with Gasteiger partial charge in [0.05, 0.1) is 18.4 Å². The number of hydrogen-bond acceptors (Lipinski definition) is 6. The normalized spacial score (nSPS) is 11.9. The van der Waals surface area contributed by atoms with Crippen molar-refractivity contribution in [3.05, 3.63) is 52.8 Å². The van der Waals surface area contributed by atoms with Crippen molar-refractivity contribution in [3.63, 3.8) is 0 Å². The number of methoxy groups -OCH3 is 1. The Morgan fingerprint density at radius 1 is 1.23 bits per heavy atom. The molecule has 1 aromatic heterocycles. The summed E-state index contributed by atoms with van der Waals surface area (Å²) in [5.74, 6) is -2.36. The fourth-order valence-electron chi connectivity index (χ4n) is 2.03. The van der Waals surface area contributed by atoms with Gasteiger partial charge >= 0.3 is 12.3 Å². The minimum absolute atomic E-state index is 0.00180. The van der Waals surface area contributed by atoms with E-state index in [-0.39, 0.29) is 16.1 Å². The Bertz CT molecular complexity index is 931. The van der Waals surface area contributed by atoms with E-state index in [1.54, 1.807) is 0 Å². The van der Waals surface area contributed by atoms with Crippen molar-refractivity contribution in [2.45, 2.75) is 17.0 Å². The van der Waals surface area contributed by atoms with Crippen LogP contribution in [0.2, 0.25) is 5.02 Å². The number of halogens is 4. The molecule has 0 aliphatic carbocycles. The molecule has 0 amide bonds. The van der Waals surface area contributed by atoms with E-state index in [0.29, 0.717) is 0 Å². The summed E-state index contributed by atoms with van der Waals surface area (Å²) in [5.41, 5.74) is 0.0730. The zero-order valence-electron chi connectivity index (χ0n) is 13.1. The van der Waals surface area contributed by atoms with Gasteiger partial charge in [-0.15, -0.1) is 13.2 Å². The van der Waals surface area contributed by atoms with Crippen molar-refractivity contribution in [2.24, 2.45) is 0 Å². The van der Waals surface area contributed by atoms with Gasteiger partial charge in [0.15, 0.2) is 9.84 Å². The van der Waals surface area contributed by atoms with E-state index in [2.05, 4.69) is 14.5 Å². The lowest BCUT2D eigenvalue weighted by Crippen LogP contribution is -2.19. The number of alkyl halides is 3. The number of aromatic nitrogens is 1. The molecule has 140 valence electrons. The number of sulfone groups is 1. The van der Waals surface area contributed by atoms with Gasteiger partial charge in [-0.25, -0.2) is 13.2 Å². The Morgan fingerprint density at radius 3 is 2.54 bits per heavy atom. The minimum atomic E-state index is -5.08. The van der Waals surface area contributed by atoms with Gasteiger partial charge in [0.2, 0.25) is 0 Å². The van der Waals surface area contributed by atoms with Gasteiger partial charge in [-0.3, -0.25) is 4.98 Å². The Kier molecular flexibility index (Phi) is 5.77. The molecule has 0 spiro atoms. The highest BCUT2D eigenvalue weighted by Gasteiger charge is 2.34. The van der Waals surface area contributed by atoms with Crippen LogP contribution in [0.3, 0.4) is 0 Å². The van der Waals surface area contributed by atoms with Gasteiger partial charge in [-0.2, -0.15) is 0 Å². The number of benzene rings is 1. The topological polar surface area (TPSA) is 82.6 Å². The Balaban J connectivity index is 2.42.